The normalized spacial score (nSPS) is 12.2. The number of halogens is 3. The number of benzene rings is 1. The van der Waals surface area contributed by atoms with E-state index in [2.05, 4.69) is 0 Å². The minimum Gasteiger partial charge on any atom is -0.506 e. The van der Waals surface area contributed by atoms with Gasteiger partial charge in [-0.05, 0) is 18.2 Å². The monoisotopic (exact) mass is 218 g/mol. The van der Waals surface area contributed by atoms with Gasteiger partial charge in [0, 0.05) is 15.5 Å². The topological polar surface area (TPSA) is 20.2 Å². The first-order valence-corrected chi connectivity index (χ1v) is 4.64. The summed E-state index contributed by atoms with van der Waals surface area (Å²) in [7, 11) is 0. The van der Waals surface area contributed by atoms with E-state index in [1.165, 1.54) is 22.8 Å². The van der Waals surface area contributed by atoms with Crippen molar-refractivity contribution in [2.24, 2.45) is 0 Å². The van der Waals surface area contributed by atoms with Crippen molar-refractivity contribution in [1.29, 1.82) is 0 Å². The SMILES string of the molecule is Oc1csc2ccc(C(F)(F)F)cc12. The molecule has 0 unspecified atom stereocenters. The Kier molecular flexibility index (Phi) is 1.92. The first-order valence-electron chi connectivity index (χ1n) is 3.76. The number of rotatable bonds is 0. The van der Waals surface area contributed by atoms with E-state index in [4.69, 9.17) is 0 Å². The van der Waals surface area contributed by atoms with Crippen LogP contribution in [0.5, 0.6) is 5.75 Å². The van der Waals surface area contributed by atoms with Crippen molar-refractivity contribution in [3.05, 3.63) is 29.1 Å². The maximum absolute atomic E-state index is 12.3. The number of alkyl halides is 3. The van der Waals surface area contributed by atoms with Crippen molar-refractivity contribution < 1.29 is 18.3 Å². The number of thiophene rings is 1. The van der Waals surface area contributed by atoms with Crippen LogP contribution < -0.4 is 0 Å². The van der Waals surface area contributed by atoms with Gasteiger partial charge in [-0.2, -0.15) is 13.2 Å². The lowest BCUT2D eigenvalue weighted by atomic mass is 10.1. The van der Waals surface area contributed by atoms with E-state index in [-0.39, 0.29) is 11.1 Å². The molecule has 0 radical (unpaired) electrons. The van der Waals surface area contributed by atoms with Crippen LogP contribution in [-0.4, -0.2) is 5.11 Å². The molecule has 0 fully saturated rings. The number of hydrogen-bond donors (Lipinski definition) is 1. The van der Waals surface area contributed by atoms with Gasteiger partial charge in [-0.3, -0.25) is 0 Å². The van der Waals surface area contributed by atoms with Gasteiger partial charge in [0.2, 0.25) is 0 Å². The Morgan fingerprint density at radius 1 is 1.21 bits per heavy atom. The molecule has 0 bridgehead atoms. The molecular formula is C9H5F3OS. The molecule has 0 aliphatic carbocycles. The standard InChI is InChI=1S/C9H5F3OS/c10-9(11,12)5-1-2-8-6(3-5)7(13)4-14-8/h1-4,13H. The van der Waals surface area contributed by atoms with Gasteiger partial charge in [0.05, 0.1) is 5.56 Å². The molecular weight excluding hydrogens is 213 g/mol. The minimum atomic E-state index is -4.36. The predicted octanol–water partition coefficient (Wildman–Crippen LogP) is 3.63. The molecule has 2 rings (SSSR count). The predicted molar refractivity (Wildman–Crippen MR) is 48.5 cm³/mol. The summed E-state index contributed by atoms with van der Waals surface area (Å²) < 4.78 is 37.5. The van der Waals surface area contributed by atoms with E-state index in [1.807, 2.05) is 0 Å². The number of fused-ring (bicyclic) bond motifs is 1. The van der Waals surface area contributed by atoms with Gasteiger partial charge in [0.15, 0.2) is 0 Å². The molecule has 0 saturated carbocycles. The average Bonchev–Trinajstić information content (AvgIpc) is 2.46. The molecule has 2 aromatic rings. The van der Waals surface area contributed by atoms with Crippen LogP contribution >= 0.6 is 11.3 Å². The highest BCUT2D eigenvalue weighted by molar-refractivity contribution is 7.17. The van der Waals surface area contributed by atoms with Crippen LogP contribution in [-0.2, 0) is 6.18 Å². The van der Waals surface area contributed by atoms with Gasteiger partial charge in [0.1, 0.15) is 5.75 Å². The summed E-state index contributed by atoms with van der Waals surface area (Å²) in [6.07, 6.45) is -4.36. The molecule has 14 heavy (non-hydrogen) atoms. The van der Waals surface area contributed by atoms with Crippen LogP contribution in [0.2, 0.25) is 0 Å². The third kappa shape index (κ3) is 1.43. The molecule has 0 aliphatic rings. The number of aromatic hydroxyl groups is 1. The Morgan fingerprint density at radius 2 is 1.93 bits per heavy atom. The summed E-state index contributed by atoms with van der Waals surface area (Å²) in [6.45, 7) is 0. The highest BCUT2D eigenvalue weighted by Gasteiger charge is 2.30. The largest absolute Gasteiger partial charge is 0.506 e. The molecule has 1 aromatic heterocycles. The van der Waals surface area contributed by atoms with Crippen molar-refractivity contribution in [1.82, 2.24) is 0 Å². The summed E-state index contributed by atoms with van der Waals surface area (Å²) in [5, 5.41) is 10.9. The zero-order valence-electron chi connectivity index (χ0n) is 6.80. The molecule has 1 N–H and O–H groups in total. The van der Waals surface area contributed by atoms with Gasteiger partial charge in [-0.1, -0.05) is 0 Å². The van der Waals surface area contributed by atoms with Crippen LogP contribution in [0.4, 0.5) is 13.2 Å². The Balaban J connectivity index is 2.66. The van der Waals surface area contributed by atoms with Crippen LogP contribution in [0.25, 0.3) is 10.1 Å². The molecule has 0 saturated heterocycles. The van der Waals surface area contributed by atoms with Gasteiger partial charge in [-0.25, -0.2) is 0 Å². The Labute approximate surface area is 81.4 Å². The first kappa shape index (κ1) is 9.33. The number of hydrogen-bond acceptors (Lipinski definition) is 2. The molecule has 5 heteroatoms. The second-order valence-corrected chi connectivity index (χ2v) is 3.74. The average molecular weight is 218 g/mol. The van der Waals surface area contributed by atoms with Gasteiger partial charge >= 0.3 is 6.18 Å². The molecule has 1 nitrogen and oxygen atoms in total. The van der Waals surface area contributed by atoms with Crippen LogP contribution in [0.15, 0.2) is 23.6 Å². The lowest BCUT2D eigenvalue weighted by Crippen LogP contribution is -2.03. The summed E-state index contributed by atoms with van der Waals surface area (Å²) in [6, 6.07) is 3.34. The summed E-state index contributed by atoms with van der Waals surface area (Å²) in [5.41, 5.74) is -0.737. The second kappa shape index (κ2) is 2.88. The van der Waals surface area contributed by atoms with Gasteiger partial charge < -0.3 is 5.11 Å². The lowest BCUT2D eigenvalue weighted by molar-refractivity contribution is -0.137. The zero-order valence-corrected chi connectivity index (χ0v) is 7.62. The maximum Gasteiger partial charge on any atom is 0.416 e. The quantitative estimate of drug-likeness (QED) is 0.715. The summed E-state index contributed by atoms with van der Waals surface area (Å²) in [4.78, 5) is 0. The van der Waals surface area contributed by atoms with Crippen molar-refractivity contribution in [2.45, 2.75) is 6.18 Å². The van der Waals surface area contributed by atoms with Crippen molar-refractivity contribution in [3.63, 3.8) is 0 Å². The molecule has 74 valence electrons. The molecule has 0 spiro atoms. The summed E-state index contributed by atoms with van der Waals surface area (Å²) in [5.74, 6) is -0.101. The molecule has 0 amide bonds. The molecule has 0 atom stereocenters. The fourth-order valence-corrected chi connectivity index (χ4v) is 1.99. The lowest BCUT2D eigenvalue weighted by Gasteiger charge is -2.05. The fourth-order valence-electron chi connectivity index (χ4n) is 1.19. The van der Waals surface area contributed by atoms with Gasteiger partial charge in [0.25, 0.3) is 0 Å². The third-order valence-electron chi connectivity index (χ3n) is 1.88. The molecule has 1 heterocycles. The van der Waals surface area contributed by atoms with E-state index in [0.29, 0.717) is 4.70 Å². The smallest absolute Gasteiger partial charge is 0.416 e. The minimum absolute atomic E-state index is 0.101. The Bertz CT molecular complexity index is 472. The first-order chi connectivity index (χ1) is 6.48. The van der Waals surface area contributed by atoms with Crippen LogP contribution in [0.3, 0.4) is 0 Å². The van der Waals surface area contributed by atoms with Crippen molar-refractivity contribution in [3.8, 4) is 5.75 Å². The Morgan fingerprint density at radius 3 is 2.57 bits per heavy atom. The molecule has 1 aromatic carbocycles. The van der Waals surface area contributed by atoms with Gasteiger partial charge in [-0.15, -0.1) is 11.3 Å². The van der Waals surface area contributed by atoms with E-state index in [9.17, 15) is 18.3 Å². The van der Waals surface area contributed by atoms with E-state index in [1.54, 1.807) is 0 Å². The highest BCUT2D eigenvalue weighted by Crippen LogP contribution is 2.36. The van der Waals surface area contributed by atoms with Crippen molar-refractivity contribution in [2.75, 3.05) is 0 Å². The van der Waals surface area contributed by atoms with Crippen molar-refractivity contribution >= 4 is 21.4 Å². The second-order valence-electron chi connectivity index (χ2n) is 2.83. The Hall–Kier alpha value is -1.23. The fraction of sp³-hybridized carbons (Fsp3) is 0.111. The zero-order chi connectivity index (χ0) is 10.3. The molecule has 0 aliphatic heterocycles. The third-order valence-corrected chi connectivity index (χ3v) is 2.83. The van der Waals surface area contributed by atoms with Crippen LogP contribution in [0.1, 0.15) is 5.56 Å². The maximum atomic E-state index is 12.3. The summed E-state index contributed by atoms with van der Waals surface area (Å²) >= 11 is 1.22. The van der Waals surface area contributed by atoms with Crippen LogP contribution in [0, 0.1) is 0 Å². The van der Waals surface area contributed by atoms with E-state index in [0.717, 1.165) is 12.1 Å². The highest BCUT2D eigenvalue weighted by atomic mass is 32.1. The van der Waals surface area contributed by atoms with E-state index < -0.39 is 11.7 Å². The van der Waals surface area contributed by atoms with E-state index >= 15 is 0 Å².